The minimum Gasteiger partial charge on any atom is -0.508 e. The van der Waals surface area contributed by atoms with Crippen LogP contribution in [0.5, 0.6) is 5.75 Å². The molecule has 0 spiro atoms. The van der Waals surface area contributed by atoms with E-state index in [1.54, 1.807) is 7.11 Å². The van der Waals surface area contributed by atoms with E-state index in [1.165, 1.54) is 24.3 Å². The van der Waals surface area contributed by atoms with Gasteiger partial charge in [-0.2, -0.15) is 0 Å². The van der Waals surface area contributed by atoms with Crippen molar-refractivity contribution in [3.63, 3.8) is 0 Å². The van der Waals surface area contributed by atoms with Gasteiger partial charge < -0.3 is 20.3 Å². The van der Waals surface area contributed by atoms with E-state index in [9.17, 15) is 14.7 Å². The summed E-state index contributed by atoms with van der Waals surface area (Å²) in [5.41, 5.74) is 0.395. The lowest BCUT2D eigenvalue weighted by Crippen LogP contribution is -2.46. The maximum absolute atomic E-state index is 12.2. The molecule has 116 valence electrons. The number of rotatable bonds is 7. The van der Waals surface area contributed by atoms with Gasteiger partial charge in [-0.3, -0.25) is 9.69 Å². The normalized spacial score (nSPS) is 11.7. The molecule has 0 radical (unpaired) electrons. The van der Waals surface area contributed by atoms with Crippen LogP contribution in [0.25, 0.3) is 0 Å². The number of anilines is 1. The molecule has 7 heteroatoms. The van der Waals surface area contributed by atoms with E-state index in [4.69, 9.17) is 9.84 Å². The molecule has 1 unspecified atom stereocenters. The number of phenols is 1. The molecule has 3 N–H and O–H groups in total. The van der Waals surface area contributed by atoms with Crippen LogP contribution in [0.2, 0.25) is 0 Å². The van der Waals surface area contributed by atoms with Gasteiger partial charge in [0.2, 0.25) is 0 Å². The molecule has 7 nitrogen and oxygen atoms in total. The number of methoxy groups -OCH3 is 1. The molecule has 0 heterocycles. The molecule has 1 rings (SSSR count). The summed E-state index contributed by atoms with van der Waals surface area (Å²) in [6.45, 7) is 1.85. The second-order valence-electron chi connectivity index (χ2n) is 4.63. The van der Waals surface area contributed by atoms with E-state index < -0.39 is 18.5 Å². The molecule has 1 atom stereocenters. The van der Waals surface area contributed by atoms with E-state index in [-0.39, 0.29) is 11.8 Å². The van der Waals surface area contributed by atoms with Crippen LogP contribution in [0, 0.1) is 0 Å². The number of aliphatic carboxylic acids is 1. The zero-order valence-corrected chi connectivity index (χ0v) is 12.1. The highest BCUT2D eigenvalue weighted by molar-refractivity contribution is 5.96. The van der Waals surface area contributed by atoms with Crippen LogP contribution in [-0.2, 0) is 9.53 Å². The molecule has 0 aliphatic heterocycles. The van der Waals surface area contributed by atoms with Gasteiger partial charge in [-0.25, -0.2) is 4.79 Å². The molecule has 0 saturated carbocycles. The molecule has 0 aliphatic rings. The van der Waals surface area contributed by atoms with E-state index in [1.807, 2.05) is 6.92 Å². The van der Waals surface area contributed by atoms with Crippen molar-refractivity contribution in [3.05, 3.63) is 24.3 Å². The zero-order valence-electron chi connectivity index (χ0n) is 12.1. The lowest BCUT2D eigenvalue weighted by atomic mass is 10.2. The number of carboxylic acid groups (broad SMARTS) is 1. The fourth-order valence-corrected chi connectivity index (χ4v) is 1.70. The topological polar surface area (TPSA) is 99.1 Å². The van der Waals surface area contributed by atoms with Gasteiger partial charge in [-0.1, -0.05) is 0 Å². The number of hydrogen-bond acceptors (Lipinski definition) is 4. The Hall–Kier alpha value is -2.28. The van der Waals surface area contributed by atoms with E-state index >= 15 is 0 Å². The van der Waals surface area contributed by atoms with Gasteiger partial charge >= 0.3 is 12.0 Å². The third kappa shape index (κ3) is 5.70. The number of nitrogens with zero attached hydrogens (tertiary/aromatic N) is 1. The third-order valence-corrected chi connectivity index (χ3v) is 2.82. The van der Waals surface area contributed by atoms with Gasteiger partial charge in [-0.05, 0) is 37.6 Å². The standard InChI is InChI=1S/C14H20N2O5/c1-10(7-8-21-2)15-14(20)16(9-13(18)19)11-3-5-12(17)6-4-11/h3-6,10,17H,7-9H2,1-2H3,(H,15,20)(H,18,19). The average molecular weight is 296 g/mol. The molecule has 0 bridgehead atoms. The first-order chi connectivity index (χ1) is 9.93. The molecule has 0 saturated heterocycles. The molecule has 2 amide bonds. The highest BCUT2D eigenvalue weighted by Crippen LogP contribution is 2.18. The minimum atomic E-state index is -1.12. The highest BCUT2D eigenvalue weighted by atomic mass is 16.5. The number of nitrogens with one attached hydrogen (secondary N) is 1. The number of hydrogen-bond donors (Lipinski definition) is 3. The average Bonchev–Trinajstić information content (AvgIpc) is 2.43. The van der Waals surface area contributed by atoms with Crippen molar-refractivity contribution < 1.29 is 24.5 Å². The minimum absolute atomic E-state index is 0.0443. The number of carbonyl (C=O) groups is 2. The van der Waals surface area contributed by atoms with Gasteiger partial charge in [0, 0.05) is 25.4 Å². The fourth-order valence-electron chi connectivity index (χ4n) is 1.70. The lowest BCUT2D eigenvalue weighted by Gasteiger charge is -2.24. The number of phenolic OH excluding ortho intramolecular Hbond substituents is 1. The van der Waals surface area contributed by atoms with E-state index in [2.05, 4.69) is 5.32 Å². The number of urea groups is 1. The Morgan fingerprint density at radius 2 is 1.95 bits per heavy atom. The second kappa shape index (κ2) is 8.11. The molecular weight excluding hydrogens is 276 g/mol. The van der Waals surface area contributed by atoms with Crippen molar-refractivity contribution in [2.75, 3.05) is 25.2 Å². The number of benzene rings is 1. The quantitative estimate of drug-likeness (QED) is 0.706. The van der Waals surface area contributed by atoms with Crippen LogP contribution in [0.15, 0.2) is 24.3 Å². The van der Waals surface area contributed by atoms with Crippen molar-refractivity contribution in [2.24, 2.45) is 0 Å². The Morgan fingerprint density at radius 1 is 1.33 bits per heavy atom. The Morgan fingerprint density at radius 3 is 2.48 bits per heavy atom. The van der Waals surface area contributed by atoms with Gasteiger partial charge in [-0.15, -0.1) is 0 Å². The van der Waals surface area contributed by atoms with Crippen LogP contribution in [0.4, 0.5) is 10.5 Å². The van der Waals surface area contributed by atoms with Crippen LogP contribution < -0.4 is 10.2 Å². The molecule has 1 aromatic rings. The number of carbonyl (C=O) groups excluding carboxylic acids is 1. The Balaban J connectivity index is 2.79. The third-order valence-electron chi connectivity index (χ3n) is 2.82. The van der Waals surface area contributed by atoms with Crippen molar-refractivity contribution in [1.29, 1.82) is 0 Å². The summed E-state index contributed by atoms with van der Waals surface area (Å²) in [5, 5.41) is 20.9. The number of amides is 2. The summed E-state index contributed by atoms with van der Waals surface area (Å²) in [7, 11) is 1.57. The number of aromatic hydroxyl groups is 1. The summed E-state index contributed by atoms with van der Waals surface area (Å²) in [5.74, 6) is -1.08. The molecule has 0 aliphatic carbocycles. The monoisotopic (exact) mass is 296 g/mol. The van der Waals surface area contributed by atoms with Crippen LogP contribution in [0.1, 0.15) is 13.3 Å². The summed E-state index contributed by atoms with van der Waals surface area (Å²) in [6, 6.07) is 5.10. The maximum atomic E-state index is 12.2. The SMILES string of the molecule is COCCC(C)NC(=O)N(CC(=O)O)c1ccc(O)cc1. The molecule has 0 fully saturated rings. The number of carboxylic acids is 1. The smallest absolute Gasteiger partial charge is 0.323 e. The predicted octanol–water partition coefficient (Wildman–Crippen LogP) is 1.42. The Bertz CT molecular complexity index is 475. The van der Waals surface area contributed by atoms with Crippen LogP contribution >= 0.6 is 0 Å². The second-order valence-corrected chi connectivity index (χ2v) is 4.63. The van der Waals surface area contributed by atoms with Crippen molar-refractivity contribution in [3.8, 4) is 5.75 Å². The zero-order chi connectivity index (χ0) is 15.8. The largest absolute Gasteiger partial charge is 0.508 e. The predicted molar refractivity (Wildman–Crippen MR) is 77.6 cm³/mol. The Kier molecular flexibility index (Phi) is 6.48. The number of ether oxygens (including phenoxy) is 1. The van der Waals surface area contributed by atoms with Crippen LogP contribution in [0.3, 0.4) is 0 Å². The maximum Gasteiger partial charge on any atom is 0.323 e. The first-order valence-electron chi connectivity index (χ1n) is 6.52. The van der Waals surface area contributed by atoms with Gasteiger partial charge in [0.15, 0.2) is 0 Å². The summed E-state index contributed by atoms with van der Waals surface area (Å²) < 4.78 is 4.93. The van der Waals surface area contributed by atoms with E-state index in [0.29, 0.717) is 18.7 Å². The molecule has 1 aromatic carbocycles. The van der Waals surface area contributed by atoms with E-state index in [0.717, 1.165) is 4.90 Å². The van der Waals surface area contributed by atoms with Crippen molar-refractivity contribution >= 4 is 17.7 Å². The summed E-state index contributed by atoms with van der Waals surface area (Å²) >= 11 is 0. The van der Waals surface area contributed by atoms with Crippen LogP contribution in [-0.4, -0.2) is 48.5 Å². The van der Waals surface area contributed by atoms with Gasteiger partial charge in [0.05, 0.1) is 0 Å². The lowest BCUT2D eigenvalue weighted by molar-refractivity contribution is -0.135. The summed E-state index contributed by atoms with van der Waals surface area (Å²) in [6.07, 6.45) is 0.624. The Labute approximate surface area is 123 Å². The molecule has 0 aromatic heterocycles. The molecule has 21 heavy (non-hydrogen) atoms. The van der Waals surface area contributed by atoms with Gasteiger partial charge in [0.25, 0.3) is 0 Å². The van der Waals surface area contributed by atoms with Gasteiger partial charge in [0.1, 0.15) is 12.3 Å². The first kappa shape index (κ1) is 16.8. The van der Waals surface area contributed by atoms with Crippen molar-refractivity contribution in [1.82, 2.24) is 5.32 Å². The first-order valence-corrected chi connectivity index (χ1v) is 6.52. The van der Waals surface area contributed by atoms with Crippen molar-refractivity contribution in [2.45, 2.75) is 19.4 Å². The highest BCUT2D eigenvalue weighted by Gasteiger charge is 2.20. The molecular formula is C14H20N2O5. The summed E-state index contributed by atoms with van der Waals surface area (Å²) in [4.78, 5) is 24.2. The fraction of sp³-hybridized carbons (Fsp3) is 0.429.